The Morgan fingerprint density at radius 2 is 1.94 bits per heavy atom. The van der Waals surface area contributed by atoms with E-state index in [-0.39, 0.29) is 0 Å². The lowest BCUT2D eigenvalue weighted by Gasteiger charge is -2.27. The summed E-state index contributed by atoms with van der Waals surface area (Å²) in [6.45, 7) is 5.89. The first-order valence-electron chi connectivity index (χ1n) is 5.57. The molecule has 0 aliphatic carbocycles. The SMILES string of the molecule is CCCCC(C)(CC)OC(=O)/C=C\C(=O)O. The predicted molar refractivity (Wildman–Crippen MR) is 61.1 cm³/mol. The molecule has 4 heteroatoms. The number of rotatable bonds is 7. The molecule has 4 nitrogen and oxygen atoms in total. The Balaban J connectivity index is 4.30. The van der Waals surface area contributed by atoms with E-state index < -0.39 is 17.5 Å². The van der Waals surface area contributed by atoms with Gasteiger partial charge in [0.1, 0.15) is 5.60 Å². The van der Waals surface area contributed by atoms with E-state index in [1.165, 1.54) is 0 Å². The molecule has 0 saturated heterocycles. The van der Waals surface area contributed by atoms with Crippen LogP contribution in [-0.4, -0.2) is 22.6 Å². The fourth-order valence-corrected chi connectivity index (χ4v) is 1.27. The predicted octanol–water partition coefficient (Wildman–Crippen LogP) is 2.53. The molecular formula is C12H20O4. The number of carbonyl (C=O) groups is 2. The minimum absolute atomic E-state index is 0.490. The van der Waals surface area contributed by atoms with Gasteiger partial charge in [0, 0.05) is 12.2 Å². The van der Waals surface area contributed by atoms with Crippen LogP contribution in [0, 0.1) is 0 Å². The Hall–Kier alpha value is -1.32. The first-order valence-corrected chi connectivity index (χ1v) is 5.57. The number of unbranched alkanes of at least 4 members (excludes halogenated alkanes) is 1. The maximum absolute atomic E-state index is 11.3. The van der Waals surface area contributed by atoms with Gasteiger partial charge >= 0.3 is 11.9 Å². The third-order valence-corrected chi connectivity index (χ3v) is 2.52. The summed E-state index contributed by atoms with van der Waals surface area (Å²) >= 11 is 0. The van der Waals surface area contributed by atoms with Crippen LogP contribution in [0.5, 0.6) is 0 Å². The molecule has 0 aliphatic heterocycles. The molecule has 0 saturated carbocycles. The smallest absolute Gasteiger partial charge is 0.331 e. The number of carboxylic acids is 1. The van der Waals surface area contributed by atoms with Gasteiger partial charge in [-0.25, -0.2) is 9.59 Å². The van der Waals surface area contributed by atoms with Gasteiger partial charge in [0.15, 0.2) is 0 Å². The number of carboxylic acid groups (broad SMARTS) is 1. The van der Waals surface area contributed by atoms with E-state index in [1.54, 1.807) is 0 Å². The molecule has 0 spiro atoms. The van der Waals surface area contributed by atoms with Crippen molar-refractivity contribution in [3.8, 4) is 0 Å². The minimum atomic E-state index is -1.15. The zero-order valence-corrected chi connectivity index (χ0v) is 10.2. The van der Waals surface area contributed by atoms with Crippen LogP contribution >= 0.6 is 0 Å². The molecule has 0 aromatic carbocycles. The van der Waals surface area contributed by atoms with Crippen molar-refractivity contribution in [2.75, 3.05) is 0 Å². The first-order chi connectivity index (χ1) is 7.43. The third kappa shape index (κ3) is 6.22. The van der Waals surface area contributed by atoms with Crippen LogP contribution in [0.15, 0.2) is 12.2 Å². The van der Waals surface area contributed by atoms with Gasteiger partial charge in [-0.2, -0.15) is 0 Å². The number of hydrogen-bond acceptors (Lipinski definition) is 3. The topological polar surface area (TPSA) is 63.6 Å². The van der Waals surface area contributed by atoms with E-state index in [4.69, 9.17) is 9.84 Å². The maximum Gasteiger partial charge on any atom is 0.331 e. The van der Waals surface area contributed by atoms with Crippen molar-refractivity contribution >= 4 is 11.9 Å². The summed E-state index contributed by atoms with van der Waals surface area (Å²) in [5.41, 5.74) is -0.490. The molecule has 0 radical (unpaired) electrons. The number of ether oxygens (including phenoxy) is 1. The van der Waals surface area contributed by atoms with E-state index >= 15 is 0 Å². The van der Waals surface area contributed by atoms with Crippen LogP contribution < -0.4 is 0 Å². The molecule has 0 aliphatic rings. The molecule has 1 unspecified atom stereocenters. The van der Waals surface area contributed by atoms with Crippen LogP contribution in [0.4, 0.5) is 0 Å². The minimum Gasteiger partial charge on any atom is -0.478 e. The normalized spacial score (nSPS) is 14.7. The molecule has 92 valence electrons. The Labute approximate surface area is 96.3 Å². The van der Waals surface area contributed by atoms with Gasteiger partial charge in [-0.05, 0) is 26.2 Å². The highest BCUT2D eigenvalue weighted by atomic mass is 16.6. The van der Waals surface area contributed by atoms with E-state index in [2.05, 4.69) is 6.92 Å². The molecule has 1 N–H and O–H groups in total. The van der Waals surface area contributed by atoms with Crippen molar-refractivity contribution in [1.29, 1.82) is 0 Å². The summed E-state index contributed by atoms with van der Waals surface area (Å²) in [7, 11) is 0. The van der Waals surface area contributed by atoms with Crippen molar-refractivity contribution in [3.05, 3.63) is 12.2 Å². The third-order valence-electron chi connectivity index (χ3n) is 2.52. The Morgan fingerprint density at radius 1 is 1.31 bits per heavy atom. The van der Waals surface area contributed by atoms with Crippen molar-refractivity contribution in [2.45, 2.75) is 52.1 Å². The average molecular weight is 228 g/mol. The van der Waals surface area contributed by atoms with Crippen LogP contribution in [0.2, 0.25) is 0 Å². The summed E-state index contributed by atoms with van der Waals surface area (Å²) in [5, 5.41) is 8.36. The molecule has 16 heavy (non-hydrogen) atoms. The highest BCUT2D eigenvalue weighted by molar-refractivity contribution is 5.90. The fourth-order valence-electron chi connectivity index (χ4n) is 1.27. The highest BCUT2D eigenvalue weighted by Gasteiger charge is 2.25. The number of carbonyl (C=O) groups excluding carboxylic acids is 1. The number of aliphatic carboxylic acids is 1. The molecule has 0 rings (SSSR count). The molecule has 0 aromatic rings. The number of hydrogen-bond donors (Lipinski definition) is 1. The van der Waals surface area contributed by atoms with Gasteiger partial charge < -0.3 is 9.84 Å². The van der Waals surface area contributed by atoms with E-state index in [1.807, 2.05) is 13.8 Å². The molecule has 0 heterocycles. The molecular weight excluding hydrogens is 208 g/mol. The standard InChI is InChI=1S/C12H20O4/c1-4-6-9-12(3,5-2)16-11(15)8-7-10(13)14/h7-8H,4-6,9H2,1-3H3,(H,13,14)/b8-7-. The van der Waals surface area contributed by atoms with Gasteiger partial charge in [0.25, 0.3) is 0 Å². The average Bonchev–Trinajstić information content (AvgIpc) is 2.23. The van der Waals surface area contributed by atoms with Crippen molar-refractivity contribution in [2.24, 2.45) is 0 Å². The van der Waals surface area contributed by atoms with Crippen LogP contribution in [-0.2, 0) is 14.3 Å². The first kappa shape index (κ1) is 14.7. The second-order valence-electron chi connectivity index (χ2n) is 4.00. The number of esters is 1. The Bertz CT molecular complexity index is 270. The fraction of sp³-hybridized carbons (Fsp3) is 0.667. The lowest BCUT2D eigenvalue weighted by molar-refractivity contribution is -0.153. The summed E-state index contributed by atoms with van der Waals surface area (Å²) < 4.78 is 5.25. The van der Waals surface area contributed by atoms with Crippen LogP contribution in [0.3, 0.4) is 0 Å². The van der Waals surface area contributed by atoms with E-state index in [9.17, 15) is 9.59 Å². The Morgan fingerprint density at radius 3 is 2.38 bits per heavy atom. The van der Waals surface area contributed by atoms with Gasteiger partial charge in [0.05, 0.1) is 0 Å². The van der Waals surface area contributed by atoms with Gasteiger partial charge in [-0.15, -0.1) is 0 Å². The second kappa shape index (κ2) is 7.04. The summed E-state index contributed by atoms with van der Waals surface area (Å²) in [5.74, 6) is -1.74. The second-order valence-corrected chi connectivity index (χ2v) is 4.00. The summed E-state index contributed by atoms with van der Waals surface area (Å²) in [6.07, 6.45) is 5.28. The maximum atomic E-state index is 11.3. The van der Waals surface area contributed by atoms with E-state index in [0.717, 1.165) is 37.8 Å². The zero-order valence-electron chi connectivity index (χ0n) is 10.2. The zero-order chi connectivity index (χ0) is 12.6. The molecule has 0 bridgehead atoms. The molecule has 0 amide bonds. The van der Waals surface area contributed by atoms with Crippen molar-refractivity contribution in [1.82, 2.24) is 0 Å². The molecule has 0 aromatic heterocycles. The quantitative estimate of drug-likeness (QED) is 0.537. The van der Waals surface area contributed by atoms with Gasteiger partial charge in [-0.1, -0.05) is 20.3 Å². The molecule has 1 atom stereocenters. The van der Waals surface area contributed by atoms with Gasteiger partial charge in [-0.3, -0.25) is 0 Å². The largest absolute Gasteiger partial charge is 0.478 e. The Kier molecular flexibility index (Phi) is 6.46. The lowest BCUT2D eigenvalue weighted by atomic mass is 9.96. The highest BCUT2D eigenvalue weighted by Crippen LogP contribution is 2.22. The van der Waals surface area contributed by atoms with Crippen LogP contribution in [0.1, 0.15) is 46.5 Å². The molecule has 0 fully saturated rings. The van der Waals surface area contributed by atoms with E-state index in [0.29, 0.717) is 0 Å². The monoisotopic (exact) mass is 228 g/mol. The summed E-state index contributed by atoms with van der Waals surface area (Å²) in [6, 6.07) is 0. The van der Waals surface area contributed by atoms with Crippen LogP contribution in [0.25, 0.3) is 0 Å². The summed E-state index contributed by atoms with van der Waals surface area (Å²) in [4.78, 5) is 21.5. The van der Waals surface area contributed by atoms with Gasteiger partial charge in [0.2, 0.25) is 0 Å². The van der Waals surface area contributed by atoms with Crippen molar-refractivity contribution in [3.63, 3.8) is 0 Å². The van der Waals surface area contributed by atoms with Crippen molar-refractivity contribution < 1.29 is 19.4 Å². The lowest BCUT2D eigenvalue weighted by Crippen LogP contribution is -2.30.